The number of nitrogens with zero attached hydrogens (tertiary/aromatic N) is 3. The molecule has 1 unspecified atom stereocenters. The van der Waals surface area contributed by atoms with Crippen molar-refractivity contribution < 1.29 is 9.53 Å². The highest BCUT2D eigenvalue weighted by atomic mass is 32.1. The van der Waals surface area contributed by atoms with E-state index in [-0.39, 0.29) is 11.9 Å². The number of carbonyl (C=O) groups excluding carboxylic acids is 1. The topological polar surface area (TPSA) is 79.4 Å². The van der Waals surface area contributed by atoms with Gasteiger partial charge in [0.25, 0.3) is 0 Å². The number of benzene rings is 2. The van der Waals surface area contributed by atoms with E-state index in [4.69, 9.17) is 4.74 Å². The minimum Gasteiger partial charge on any atom is -0.382 e. The third-order valence-electron chi connectivity index (χ3n) is 5.40. The first-order valence-corrected chi connectivity index (χ1v) is 12.2. The van der Waals surface area contributed by atoms with Gasteiger partial charge in [-0.1, -0.05) is 48.5 Å². The van der Waals surface area contributed by atoms with Gasteiger partial charge in [0.2, 0.25) is 5.91 Å². The van der Waals surface area contributed by atoms with Gasteiger partial charge in [0.1, 0.15) is 17.0 Å². The third kappa shape index (κ3) is 6.30. The Labute approximate surface area is 209 Å². The Morgan fingerprint density at radius 2 is 1.97 bits per heavy atom. The van der Waals surface area contributed by atoms with Crippen LogP contribution in [-0.4, -0.2) is 55.1 Å². The molecule has 1 atom stereocenters. The molecule has 180 valence electrons. The number of ether oxygens (including phenoxy) is 1. The SMILES string of the molecule is COCC(Nc1ncnc2scc(-c3cccc(NC(=O)C=CCN(C)C)c3)c12)c1ccccc1. The van der Waals surface area contributed by atoms with Gasteiger partial charge in [-0.3, -0.25) is 4.79 Å². The first kappa shape index (κ1) is 24.5. The van der Waals surface area contributed by atoms with E-state index in [1.165, 1.54) is 0 Å². The summed E-state index contributed by atoms with van der Waals surface area (Å²) in [5.74, 6) is 0.591. The summed E-state index contributed by atoms with van der Waals surface area (Å²) in [5, 5.41) is 9.54. The molecule has 35 heavy (non-hydrogen) atoms. The maximum absolute atomic E-state index is 12.3. The number of thiophene rings is 1. The van der Waals surface area contributed by atoms with Crippen LogP contribution in [0.3, 0.4) is 0 Å². The Morgan fingerprint density at radius 3 is 2.74 bits per heavy atom. The minimum atomic E-state index is -0.157. The van der Waals surface area contributed by atoms with Gasteiger partial charge >= 0.3 is 0 Å². The number of likely N-dealkylation sites (N-methyl/N-ethyl adjacent to an activating group) is 1. The van der Waals surface area contributed by atoms with E-state index in [0.717, 1.165) is 38.4 Å². The molecule has 0 bridgehead atoms. The quantitative estimate of drug-likeness (QED) is 0.299. The lowest BCUT2D eigenvalue weighted by Gasteiger charge is -2.20. The van der Waals surface area contributed by atoms with Crippen LogP contribution in [0.1, 0.15) is 11.6 Å². The number of carbonyl (C=O) groups is 1. The van der Waals surface area contributed by atoms with Gasteiger partial charge in [0.15, 0.2) is 0 Å². The first-order valence-electron chi connectivity index (χ1n) is 11.3. The molecule has 7 nitrogen and oxygen atoms in total. The molecule has 2 N–H and O–H groups in total. The molecule has 2 aromatic heterocycles. The summed E-state index contributed by atoms with van der Waals surface area (Å²) in [7, 11) is 5.61. The minimum absolute atomic E-state index is 0.0633. The van der Waals surface area contributed by atoms with Crippen LogP contribution in [0.15, 0.2) is 78.5 Å². The van der Waals surface area contributed by atoms with Crippen molar-refractivity contribution in [2.45, 2.75) is 6.04 Å². The second-order valence-electron chi connectivity index (χ2n) is 8.35. The van der Waals surface area contributed by atoms with Gasteiger partial charge in [-0.25, -0.2) is 9.97 Å². The van der Waals surface area contributed by atoms with E-state index >= 15 is 0 Å². The molecular weight excluding hydrogens is 458 g/mol. The van der Waals surface area contributed by atoms with Gasteiger partial charge in [0.05, 0.1) is 18.0 Å². The maximum Gasteiger partial charge on any atom is 0.248 e. The van der Waals surface area contributed by atoms with Crippen molar-refractivity contribution >= 4 is 39.0 Å². The predicted octanol–water partition coefficient (Wildman–Crippen LogP) is 5.21. The van der Waals surface area contributed by atoms with E-state index in [0.29, 0.717) is 13.2 Å². The standard InChI is InChI=1S/C27H29N5O2S/c1-32(2)14-8-13-24(33)30-21-12-7-11-20(15-21)22-17-35-27-25(22)26(28-18-29-27)31-23(16-34-3)19-9-5-4-6-10-19/h4-13,15,17-18,23H,14,16H2,1-3H3,(H,30,33)(H,28,29,31). The molecule has 2 heterocycles. The Balaban J connectivity index is 1.63. The van der Waals surface area contributed by atoms with Crippen LogP contribution in [0.5, 0.6) is 0 Å². The molecule has 1 amide bonds. The van der Waals surface area contributed by atoms with Crippen molar-refractivity contribution in [2.24, 2.45) is 0 Å². The average molecular weight is 488 g/mol. The summed E-state index contributed by atoms with van der Waals surface area (Å²) in [6.45, 7) is 1.20. The van der Waals surface area contributed by atoms with Crippen LogP contribution in [0.2, 0.25) is 0 Å². The van der Waals surface area contributed by atoms with Crippen LogP contribution in [0.25, 0.3) is 21.3 Å². The van der Waals surface area contributed by atoms with Gasteiger partial charge in [-0.2, -0.15) is 0 Å². The zero-order valence-corrected chi connectivity index (χ0v) is 20.9. The van der Waals surface area contributed by atoms with Crippen molar-refractivity contribution in [3.8, 4) is 11.1 Å². The lowest BCUT2D eigenvalue weighted by molar-refractivity contribution is -0.111. The van der Waals surface area contributed by atoms with E-state index in [2.05, 4.69) is 38.1 Å². The second kappa shape index (κ2) is 11.7. The lowest BCUT2D eigenvalue weighted by Crippen LogP contribution is -2.17. The summed E-state index contributed by atoms with van der Waals surface area (Å²) in [4.78, 5) is 24.3. The molecule has 0 radical (unpaired) electrons. The van der Waals surface area contributed by atoms with E-state index in [1.807, 2.05) is 67.5 Å². The Kier molecular flexibility index (Phi) is 8.20. The summed E-state index contributed by atoms with van der Waals surface area (Å²) < 4.78 is 5.48. The molecule has 8 heteroatoms. The molecule has 2 aromatic carbocycles. The van der Waals surface area contributed by atoms with Crippen molar-refractivity contribution in [1.82, 2.24) is 14.9 Å². The third-order valence-corrected chi connectivity index (χ3v) is 6.28. The molecule has 0 aliphatic rings. The number of amides is 1. The molecular formula is C27H29N5O2S. The maximum atomic E-state index is 12.3. The predicted molar refractivity (Wildman–Crippen MR) is 144 cm³/mol. The summed E-state index contributed by atoms with van der Waals surface area (Å²) >= 11 is 1.57. The average Bonchev–Trinajstić information content (AvgIpc) is 3.29. The fourth-order valence-corrected chi connectivity index (χ4v) is 4.67. The molecule has 4 rings (SSSR count). The monoisotopic (exact) mass is 487 g/mol. The molecule has 0 spiro atoms. The highest BCUT2D eigenvalue weighted by molar-refractivity contribution is 7.17. The lowest BCUT2D eigenvalue weighted by atomic mass is 10.0. The summed E-state index contributed by atoms with van der Waals surface area (Å²) in [6, 6.07) is 17.9. The normalized spacial score (nSPS) is 12.3. The smallest absolute Gasteiger partial charge is 0.248 e. The van der Waals surface area contributed by atoms with Crippen LogP contribution < -0.4 is 10.6 Å². The number of fused-ring (bicyclic) bond motifs is 1. The number of anilines is 2. The van der Waals surface area contributed by atoms with Gasteiger partial charge in [0, 0.05) is 36.4 Å². The van der Waals surface area contributed by atoms with Crippen LogP contribution >= 0.6 is 11.3 Å². The molecule has 0 saturated heterocycles. The summed E-state index contributed by atoms with van der Waals surface area (Å²) in [5.41, 5.74) is 3.84. The zero-order valence-electron chi connectivity index (χ0n) is 20.1. The Hall–Kier alpha value is -3.59. The molecule has 4 aromatic rings. The van der Waals surface area contributed by atoms with Crippen molar-refractivity contribution in [1.29, 1.82) is 0 Å². The molecule has 0 aliphatic heterocycles. The number of rotatable bonds is 10. The molecule has 0 saturated carbocycles. The number of nitrogens with one attached hydrogen (secondary N) is 2. The second-order valence-corrected chi connectivity index (χ2v) is 9.21. The van der Waals surface area contributed by atoms with E-state index < -0.39 is 0 Å². The highest BCUT2D eigenvalue weighted by Gasteiger charge is 2.18. The van der Waals surface area contributed by atoms with Crippen molar-refractivity contribution in [2.75, 3.05) is 45.0 Å². The van der Waals surface area contributed by atoms with Crippen molar-refractivity contribution in [3.05, 3.63) is 84.0 Å². The fraction of sp³-hybridized carbons (Fsp3) is 0.222. The zero-order chi connectivity index (χ0) is 24.6. The van der Waals surface area contributed by atoms with Crippen LogP contribution in [-0.2, 0) is 9.53 Å². The Bertz CT molecular complexity index is 1300. The van der Waals surface area contributed by atoms with Crippen molar-refractivity contribution in [3.63, 3.8) is 0 Å². The number of hydrogen-bond donors (Lipinski definition) is 2. The first-order chi connectivity index (χ1) is 17.0. The van der Waals surface area contributed by atoms with Gasteiger partial charge in [-0.15, -0.1) is 11.3 Å². The van der Waals surface area contributed by atoms with E-state index in [1.54, 1.807) is 30.8 Å². The largest absolute Gasteiger partial charge is 0.382 e. The Morgan fingerprint density at radius 1 is 1.14 bits per heavy atom. The van der Waals surface area contributed by atoms with Crippen LogP contribution in [0.4, 0.5) is 11.5 Å². The fourth-order valence-electron chi connectivity index (χ4n) is 3.75. The van der Waals surface area contributed by atoms with Gasteiger partial charge in [-0.05, 0) is 37.4 Å². The number of methoxy groups -OCH3 is 1. The van der Waals surface area contributed by atoms with E-state index in [9.17, 15) is 4.79 Å². The number of aromatic nitrogens is 2. The summed E-state index contributed by atoms with van der Waals surface area (Å²) in [6.07, 6.45) is 4.97. The molecule has 0 fully saturated rings. The highest BCUT2D eigenvalue weighted by Crippen LogP contribution is 2.38. The molecule has 0 aliphatic carbocycles. The van der Waals surface area contributed by atoms with Crippen LogP contribution in [0, 0.1) is 0 Å². The van der Waals surface area contributed by atoms with Gasteiger partial charge < -0.3 is 20.3 Å². The number of hydrogen-bond acceptors (Lipinski definition) is 7.